The van der Waals surface area contributed by atoms with E-state index in [0.717, 1.165) is 6.42 Å². The highest BCUT2D eigenvalue weighted by molar-refractivity contribution is 6.21. The van der Waals surface area contributed by atoms with Gasteiger partial charge in [0.25, 0.3) is 0 Å². The molecule has 0 aliphatic carbocycles. The second-order valence-electron chi connectivity index (χ2n) is 2.11. The fourth-order valence-electron chi connectivity index (χ4n) is 0.255. The lowest BCUT2D eigenvalue weighted by Gasteiger charge is -1.94. The lowest BCUT2D eigenvalue weighted by molar-refractivity contribution is -0.137. The zero-order chi connectivity index (χ0) is 9.98. The maximum Gasteiger partial charge on any atom is 0.303 e. The van der Waals surface area contributed by atoms with Crippen molar-refractivity contribution in [3.05, 3.63) is 0 Å². The molecule has 5 heteroatoms. The van der Waals surface area contributed by atoms with Gasteiger partial charge in [-0.3, -0.25) is 4.79 Å². The number of hydrogen-bond donors (Lipinski definition) is 2. The van der Waals surface area contributed by atoms with E-state index in [-0.39, 0.29) is 11.8 Å². The van der Waals surface area contributed by atoms with E-state index in [2.05, 4.69) is 0 Å². The van der Waals surface area contributed by atoms with Crippen LogP contribution in [0.5, 0.6) is 0 Å². The van der Waals surface area contributed by atoms with E-state index < -0.39 is 12.1 Å². The Kier molecular flexibility index (Phi) is 13.3. The highest BCUT2D eigenvalue weighted by atomic mass is 35.5. The molecule has 0 amide bonds. The van der Waals surface area contributed by atoms with Crippen LogP contribution in [-0.4, -0.2) is 34.0 Å². The highest BCUT2D eigenvalue weighted by Crippen LogP contribution is 1.88. The molecule has 0 aromatic carbocycles. The maximum absolute atomic E-state index is 9.60. The monoisotopic (exact) mass is 216 g/mol. The molecule has 2 N–H and O–H groups in total. The third-order valence-corrected chi connectivity index (χ3v) is 1.53. The van der Waals surface area contributed by atoms with Gasteiger partial charge in [0.1, 0.15) is 0 Å². The summed E-state index contributed by atoms with van der Waals surface area (Å²) < 4.78 is 0. The van der Waals surface area contributed by atoms with Crippen LogP contribution in [0.2, 0.25) is 0 Å². The van der Waals surface area contributed by atoms with Crippen LogP contribution in [-0.2, 0) is 4.79 Å². The Morgan fingerprint density at radius 3 is 1.83 bits per heavy atom. The topological polar surface area (TPSA) is 57.5 Å². The van der Waals surface area contributed by atoms with Gasteiger partial charge in [-0.25, -0.2) is 0 Å². The van der Waals surface area contributed by atoms with E-state index in [9.17, 15) is 4.79 Å². The van der Waals surface area contributed by atoms with E-state index in [4.69, 9.17) is 33.4 Å². The molecule has 0 unspecified atom stereocenters. The smallest absolute Gasteiger partial charge is 0.303 e. The number of carboxylic acid groups (broad SMARTS) is 1. The van der Waals surface area contributed by atoms with E-state index >= 15 is 0 Å². The average molecular weight is 217 g/mol. The van der Waals surface area contributed by atoms with E-state index in [0.29, 0.717) is 6.42 Å². The van der Waals surface area contributed by atoms with Crippen molar-refractivity contribution in [2.24, 2.45) is 0 Å². The van der Waals surface area contributed by atoms with Crippen molar-refractivity contribution < 1.29 is 15.0 Å². The van der Waals surface area contributed by atoms with Crippen LogP contribution in [0.15, 0.2) is 0 Å². The number of aliphatic hydroxyl groups is 1. The van der Waals surface area contributed by atoms with Crippen LogP contribution < -0.4 is 0 Å². The Bertz CT molecular complexity index is 105. The summed E-state index contributed by atoms with van der Waals surface area (Å²) in [4.78, 5) is 9.60. The first-order chi connectivity index (χ1) is 5.58. The van der Waals surface area contributed by atoms with Crippen molar-refractivity contribution in [2.75, 3.05) is 11.8 Å². The van der Waals surface area contributed by atoms with Gasteiger partial charge in [0, 0.05) is 18.2 Å². The second-order valence-corrected chi connectivity index (χ2v) is 2.72. The van der Waals surface area contributed by atoms with Crippen molar-refractivity contribution in [2.45, 2.75) is 25.9 Å². The Balaban J connectivity index is 0. The minimum Gasteiger partial charge on any atom is -0.481 e. The van der Waals surface area contributed by atoms with Crippen LogP contribution in [0, 0.1) is 0 Å². The molecule has 0 bridgehead atoms. The fraction of sp³-hybridized carbons (Fsp3) is 0.857. The minimum absolute atomic E-state index is 0.226. The predicted molar refractivity (Wildman–Crippen MR) is 50.0 cm³/mol. The minimum atomic E-state index is -0.711. The van der Waals surface area contributed by atoms with Gasteiger partial charge < -0.3 is 10.2 Å². The first-order valence-corrected chi connectivity index (χ1v) is 4.67. The average Bonchev–Trinajstić information content (AvgIpc) is 2.04. The Morgan fingerprint density at radius 1 is 1.42 bits per heavy atom. The largest absolute Gasteiger partial charge is 0.481 e. The molecule has 0 radical (unpaired) electrons. The summed E-state index contributed by atoms with van der Waals surface area (Å²) in [7, 11) is 0. The number of carboxylic acids is 1. The molecule has 12 heavy (non-hydrogen) atoms. The zero-order valence-corrected chi connectivity index (χ0v) is 8.48. The quantitative estimate of drug-likeness (QED) is 0.704. The Morgan fingerprint density at radius 2 is 1.83 bits per heavy atom. The molecule has 0 saturated heterocycles. The van der Waals surface area contributed by atoms with E-state index in [1.54, 1.807) is 0 Å². The summed E-state index contributed by atoms with van der Waals surface area (Å²) in [5, 5.41) is 16.3. The molecule has 0 fully saturated rings. The Hall–Kier alpha value is 0.01000. The van der Waals surface area contributed by atoms with Gasteiger partial charge in [-0.2, -0.15) is 0 Å². The number of rotatable bonds is 4. The summed E-state index contributed by atoms with van der Waals surface area (Å²) in [6, 6.07) is 0. The van der Waals surface area contributed by atoms with Gasteiger partial charge >= 0.3 is 5.97 Å². The first-order valence-electron chi connectivity index (χ1n) is 3.60. The van der Waals surface area contributed by atoms with Gasteiger partial charge in [-0.15, -0.1) is 23.2 Å². The van der Waals surface area contributed by atoms with Crippen LogP contribution in [0.3, 0.4) is 0 Å². The number of hydrogen-bond acceptors (Lipinski definition) is 2. The molecule has 3 nitrogen and oxygen atoms in total. The lowest BCUT2D eigenvalue weighted by Crippen LogP contribution is -2.08. The maximum atomic E-state index is 9.60. The van der Waals surface area contributed by atoms with Crippen molar-refractivity contribution in [3.63, 3.8) is 0 Å². The summed E-state index contributed by atoms with van der Waals surface area (Å²) in [6.45, 7) is 1.84. The van der Waals surface area contributed by atoms with Gasteiger partial charge in [-0.05, 0) is 6.42 Å². The van der Waals surface area contributed by atoms with Crippen LogP contribution >= 0.6 is 23.2 Å². The summed E-state index contributed by atoms with van der Waals surface area (Å²) in [5.74, 6) is -0.259. The number of alkyl halides is 2. The number of carbonyl (C=O) groups is 1. The fourth-order valence-corrected chi connectivity index (χ4v) is 0.585. The van der Waals surface area contributed by atoms with Gasteiger partial charge in [-0.1, -0.05) is 6.92 Å². The molecule has 0 aromatic heterocycles. The summed E-state index contributed by atoms with van der Waals surface area (Å²) >= 11 is 10.2. The predicted octanol–water partition coefficient (Wildman–Crippen LogP) is 1.70. The molecule has 0 heterocycles. The molecule has 0 spiro atoms. The molecule has 0 aromatic rings. The van der Waals surface area contributed by atoms with Gasteiger partial charge in [0.05, 0.1) is 6.10 Å². The first kappa shape index (κ1) is 14.5. The molecule has 0 saturated carbocycles. The van der Waals surface area contributed by atoms with Crippen molar-refractivity contribution in [3.8, 4) is 0 Å². The van der Waals surface area contributed by atoms with E-state index in [1.807, 2.05) is 6.92 Å². The van der Waals surface area contributed by atoms with E-state index in [1.165, 1.54) is 0 Å². The number of halogens is 2. The van der Waals surface area contributed by atoms with Crippen molar-refractivity contribution >= 4 is 29.2 Å². The summed E-state index contributed by atoms with van der Waals surface area (Å²) in [6.07, 6.45) is 0.489. The number of aliphatic carboxylic acids is 1. The Labute approximate surface area is 82.3 Å². The van der Waals surface area contributed by atoms with Crippen molar-refractivity contribution in [1.29, 1.82) is 0 Å². The number of aliphatic hydroxyl groups excluding tert-OH is 1. The highest BCUT2D eigenvalue weighted by Gasteiger charge is 1.94. The standard InChI is InChI=1S/C4H8O2.C3H6Cl2O/c1-2-3-4(5)6;4-1-3(6)2-5/h2-3H2,1H3,(H,5,6);3,6H,1-2H2. The molecule has 0 aliphatic rings. The molecule has 0 atom stereocenters. The normalized spacial score (nSPS) is 9.08. The van der Waals surface area contributed by atoms with Crippen LogP contribution in [0.4, 0.5) is 0 Å². The summed E-state index contributed by atoms with van der Waals surface area (Å²) in [5.41, 5.74) is 0. The molecule has 0 rings (SSSR count). The van der Waals surface area contributed by atoms with Gasteiger partial charge in [0.15, 0.2) is 0 Å². The van der Waals surface area contributed by atoms with Gasteiger partial charge in [0.2, 0.25) is 0 Å². The third-order valence-electron chi connectivity index (χ3n) is 0.820. The van der Waals surface area contributed by atoms with Crippen LogP contribution in [0.1, 0.15) is 19.8 Å². The SMILES string of the molecule is CCCC(=O)O.OC(CCl)CCl. The zero-order valence-electron chi connectivity index (χ0n) is 6.96. The van der Waals surface area contributed by atoms with Crippen molar-refractivity contribution in [1.82, 2.24) is 0 Å². The second kappa shape index (κ2) is 11.0. The van der Waals surface area contributed by atoms with Crippen LogP contribution in [0.25, 0.3) is 0 Å². The molecule has 0 aliphatic heterocycles. The molecular weight excluding hydrogens is 203 g/mol. The molecule has 74 valence electrons. The lowest BCUT2D eigenvalue weighted by atomic mass is 10.4. The molecular formula is C7H14Cl2O3. The third kappa shape index (κ3) is 16.5.